The van der Waals surface area contributed by atoms with E-state index in [1.54, 1.807) is 6.92 Å². The molecule has 0 aromatic rings. The number of fused-ring (bicyclic) bond motifs is 2. The number of carbonyl (C=O) groups excluding carboxylic acids is 1. The molecule has 4 atom stereocenters. The van der Waals surface area contributed by atoms with Crippen LogP contribution in [0.5, 0.6) is 0 Å². The number of hydrogen-bond donors (Lipinski definition) is 1. The summed E-state index contributed by atoms with van der Waals surface area (Å²) in [5, 5.41) is 0. The normalized spacial score (nSPS) is 36.5. The monoisotopic (exact) mass is 308 g/mol. The van der Waals surface area contributed by atoms with Gasteiger partial charge in [-0.2, -0.15) is 0 Å². The third-order valence-corrected chi connectivity index (χ3v) is 6.12. The fraction of sp³-hybridized carbons (Fsp3) is 0.941. The summed E-state index contributed by atoms with van der Waals surface area (Å²) in [6, 6.07) is 2.29. The number of nitrogens with zero attached hydrogens (tertiary/aromatic N) is 3. The molecule has 1 amide bonds. The highest BCUT2D eigenvalue weighted by Crippen LogP contribution is 2.34. The van der Waals surface area contributed by atoms with Crippen molar-refractivity contribution in [1.82, 2.24) is 14.7 Å². The molecule has 0 saturated carbocycles. The van der Waals surface area contributed by atoms with E-state index in [1.165, 1.54) is 45.2 Å². The van der Waals surface area contributed by atoms with Crippen LogP contribution in [0.1, 0.15) is 45.4 Å². The van der Waals surface area contributed by atoms with Gasteiger partial charge in [0, 0.05) is 57.8 Å². The van der Waals surface area contributed by atoms with Gasteiger partial charge >= 0.3 is 0 Å². The molecule has 5 heteroatoms. The number of piperidine rings is 2. The Balaban J connectivity index is 1.48. The van der Waals surface area contributed by atoms with Crippen LogP contribution in [0, 0.1) is 0 Å². The van der Waals surface area contributed by atoms with E-state index in [2.05, 4.69) is 9.80 Å². The lowest BCUT2D eigenvalue weighted by molar-refractivity contribution is -0.130. The molecule has 1 unspecified atom stereocenters. The third-order valence-electron chi connectivity index (χ3n) is 6.12. The van der Waals surface area contributed by atoms with Gasteiger partial charge in [0.2, 0.25) is 5.91 Å². The predicted octanol–water partition coefficient (Wildman–Crippen LogP) is 0.883. The SMILES string of the molecule is CC(=O)N(C)[C@@H]1CCCN(CCN2[C@@H]3CC[C@H]2CC(N)C3)C1. The van der Waals surface area contributed by atoms with Crippen LogP contribution in [0.2, 0.25) is 0 Å². The van der Waals surface area contributed by atoms with Gasteiger partial charge in [-0.25, -0.2) is 0 Å². The lowest BCUT2D eigenvalue weighted by Crippen LogP contribution is -2.52. The number of likely N-dealkylation sites (tertiary alicyclic amines) is 1. The molecular formula is C17H32N4O. The van der Waals surface area contributed by atoms with Crippen molar-refractivity contribution in [3.05, 3.63) is 0 Å². The molecule has 0 aliphatic carbocycles. The van der Waals surface area contributed by atoms with Crippen LogP contribution in [-0.4, -0.2) is 78.0 Å². The maximum atomic E-state index is 11.6. The fourth-order valence-electron chi connectivity index (χ4n) is 4.75. The Morgan fingerprint density at radius 1 is 1.18 bits per heavy atom. The summed E-state index contributed by atoms with van der Waals surface area (Å²) >= 11 is 0. The minimum absolute atomic E-state index is 0.190. The van der Waals surface area contributed by atoms with E-state index in [4.69, 9.17) is 5.73 Å². The molecule has 3 aliphatic heterocycles. The van der Waals surface area contributed by atoms with Crippen LogP contribution in [0.25, 0.3) is 0 Å². The summed E-state index contributed by atoms with van der Waals surface area (Å²) in [5.74, 6) is 0.190. The molecule has 3 aliphatic rings. The third kappa shape index (κ3) is 3.47. The maximum Gasteiger partial charge on any atom is 0.219 e. The Labute approximate surface area is 134 Å². The fourth-order valence-corrected chi connectivity index (χ4v) is 4.75. The first-order chi connectivity index (χ1) is 10.5. The quantitative estimate of drug-likeness (QED) is 0.838. The predicted molar refractivity (Wildman–Crippen MR) is 88.6 cm³/mol. The Morgan fingerprint density at radius 2 is 1.86 bits per heavy atom. The molecule has 126 valence electrons. The van der Waals surface area contributed by atoms with E-state index in [0.717, 1.165) is 31.6 Å². The molecule has 0 aromatic carbocycles. The van der Waals surface area contributed by atoms with Crippen molar-refractivity contribution in [2.75, 3.05) is 33.2 Å². The van der Waals surface area contributed by atoms with E-state index < -0.39 is 0 Å². The molecule has 5 nitrogen and oxygen atoms in total. The summed E-state index contributed by atoms with van der Waals surface area (Å²) < 4.78 is 0. The lowest BCUT2D eigenvalue weighted by Gasteiger charge is -2.41. The minimum atomic E-state index is 0.190. The molecule has 3 heterocycles. The number of nitrogens with two attached hydrogens (primary N) is 1. The molecule has 3 fully saturated rings. The lowest BCUT2D eigenvalue weighted by atomic mass is 9.98. The Morgan fingerprint density at radius 3 is 2.50 bits per heavy atom. The van der Waals surface area contributed by atoms with Crippen molar-refractivity contribution in [2.45, 2.75) is 69.6 Å². The van der Waals surface area contributed by atoms with Gasteiger partial charge in [-0.05, 0) is 45.1 Å². The minimum Gasteiger partial charge on any atom is -0.342 e. The van der Waals surface area contributed by atoms with Crippen LogP contribution in [0.15, 0.2) is 0 Å². The van der Waals surface area contributed by atoms with Gasteiger partial charge in [0.05, 0.1) is 0 Å². The van der Waals surface area contributed by atoms with E-state index in [-0.39, 0.29) is 5.91 Å². The molecule has 0 radical (unpaired) electrons. The smallest absolute Gasteiger partial charge is 0.219 e. The standard InChI is InChI=1S/C17H32N4O/c1-13(22)19(2)17-4-3-7-20(12-17)8-9-21-15-5-6-16(21)11-14(18)10-15/h14-17H,3-12,18H2,1-2H3/t14?,15-,16+,17-/m1/s1. The van der Waals surface area contributed by atoms with E-state index in [9.17, 15) is 4.79 Å². The van der Waals surface area contributed by atoms with Gasteiger partial charge in [-0.3, -0.25) is 9.69 Å². The number of likely N-dealkylation sites (N-methyl/N-ethyl adjacent to an activating group) is 1. The highest BCUT2D eigenvalue weighted by molar-refractivity contribution is 5.73. The van der Waals surface area contributed by atoms with E-state index in [0.29, 0.717) is 12.1 Å². The highest BCUT2D eigenvalue weighted by atomic mass is 16.2. The second kappa shape index (κ2) is 6.85. The Bertz CT molecular complexity index is 388. The molecule has 3 rings (SSSR count). The number of carbonyl (C=O) groups is 1. The topological polar surface area (TPSA) is 52.8 Å². The van der Waals surface area contributed by atoms with Gasteiger partial charge in [-0.1, -0.05) is 0 Å². The summed E-state index contributed by atoms with van der Waals surface area (Å²) in [7, 11) is 1.95. The zero-order valence-corrected chi connectivity index (χ0v) is 14.2. The Kier molecular flexibility index (Phi) is 5.05. The molecule has 22 heavy (non-hydrogen) atoms. The average molecular weight is 308 g/mol. The number of rotatable bonds is 4. The molecule has 2 N–H and O–H groups in total. The second-order valence-electron chi connectivity index (χ2n) is 7.58. The van der Waals surface area contributed by atoms with Crippen LogP contribution in [-0.2, 0) is 4.79 Å². The summed E-state index contributed by atoms with van der Waals surface area (Å²) in [6.45, 7) is 6.22. The molecule has 0 spiro atoms. The first-order valence-electron chi connectivity index (χ1n) is 9.01. The molecule has 2 bridgehead atoms. The Hall–Kier alpha value is -0.650. The number of amides is 1. The zero-order valence-electron chi connectivity index (χ0n) is 14.2. The van der Waals surface area contributed by atoms with Crippen molar-refractivity contribution in [3.8, 4) is 0 Å². The molecule has 0 aromatic heterocycles. The van der Waals surface area contributed by atoms with Crippen molar-refractivity contribution >= 4 is 5.91 Å². The second-order valence-corrected chi connectivity index (χ2v) is 7.58. The van der Waals surface area contributed by atoms with Gasteiger partial charge in [0.1, 0.15) is 0 Å². The molecule has 3 saturated heterocycles. The highest BCUT2D eigenvalue weighted by Gasteiger charge is 2.39. The first-order valence-corrected chi connectivity index (χ1v) is 9.01. The molecular weight excluding hydrogens is 276 g/mol. The van der Waals surface area contributed by atoms with E-state index >= 15 is 0 Å². The summed E-state index contributed by atoms with van der Waals surface area (Å²) in [5.41, 5.74) is 6.16. The largest absolute Gasteiger partial charge is 0.342 e. The van der Waals surface area contributed by atoms with Gasteiger partial charge < -0.3 is 15.5 Å². The van der Waals surface area contributed by atoms with Crippen molar-refractivity contribution in [3.63, 3.8) is 0 Å². The average Bonchev–Trinajstić information content (AvgIpc) is 2.74. The van der Waals surface area contributed by atoms with Crippen LogP contribution in [0.3, 0.4) is 0 Å². The van der Waals surface area contributed by atoms with Gasteiger partial charge in [-0.15, -0.1) is 0 Å². The summed E-state index contributed by atoms with van der Waals surface area (Å²) in [6.07, 6.45) is 7.41. The van der Waals surface area contributed by atoms with Crippen molar-refractivity contribution < 1.29 is 4.79 Å². The zero-order chi connectivity index (χ0) is 15.7. The van der Waals surface area contributed by atoms with Crippen molar-refractivity contribution in [2.24, 2.45) is 5.73 Å². The van der Waals surface area contributed by atoms with Crippen LogP contribution in [0.4, 0.5) is 0 Å². The van der Waals surface area contributed by atoms with Gasteiger partial charge in [0.15, 0.2) is 0 Å². The summed E-state index contributed by atoms with van der Waals surface area (Å²) in [4.78, 5) is 18.8. The maximum absolute atomic E-state index is 11.6. The first kappa shape index (κ1) is 16.2. The van der Waals surface area contributed by atoms with E-state index in [1.807, 2.05) is 11.9 Å². The van der Waals surface area contributed by atoms with Crippen LogP contribution < -0.4 is 5.73 Å². The van der Waals surface area contributed by atoms with Gasteiger partial charge in [0.25, 0.3) is 0 Å². The van der Waals surface area contributed by atoms with Crippen LogP contribution >= 0.6 is 0 Å². The number of hydrogen-bond acceptors (Lipinski definition) is 4. The van der Waals surface area contributed by atoms with Crippen molar-refractivity contribution in [1.29, 1.82) is 0 Å².